The van der Waals surface area contributed by atoms with Crippen LogP contribution in [0, 0.1) is 5.92 Å². The number of fused-ring (bicyclic) bond motifs is 1. The normalized spacial score (nSPS) is 12.9. The second-order valence-corrected chi connectivity index (χ2v) is 5.26. The largest absolute Gasteiger partial charge is 0.241 e. The van der Waals surface area contributed by atoms with Gasteiger partial charge >= 0.3 is 0 Å². The third kappa shape index (κ3) is 2.89. The van der Waals surface area contributed by atoms with E-state index in [0.29, 0.717) is 11.8 Å². The number of alkyl halides is 1. The van der Waals surface area contributed by atoms with Gasteiger partial charge in [0.1, 0.15) is 0 Å². The smallest absolute Gasteiger partial charge is 0.0967 e. The maximum absolute atomic E-state index is 5.78. The van der Waals surface area contributed by atoms with E-state index in [4.69, 9.17) is 11.6 Å². The van der Waals surface area contributed by atoms with Crippen LogP contribution in [0.25, 0.3) is 10.9 Å². The molecule has 2 aromatic rings. The van der Waals surface area contributed by atoms with Crippen molar-refractivity contribution >= 4 is 34.3 Å². The number of aromatic nitrogens is 1. The summed E-state index contributed by atoms with van der Waals surface area (Å²) in [6.45, 7) is 2.15. The molecule has 0 saturated carbocycles. The summed E-state index contributed by atoms with van der Waals surface area (Å²) in [6.07, 6.45) is 0. The lowest BCUT2D eigenvalue weighted by Gasteiger charge is -2.06. The van der Waals surface area contributed by atoms with Gasteiger partial charge in [-0.25, -0.2) is 4.98 Å². The summed E-state index contributed by atoms with van der Waals surface area (Å²) in [5, 5.41) is 2.27. The minimum Gasteiger partial charge on any atom is -0.241 e. The summed E-state index contributed by atoms with van der Waals surface area (Å²) in [5.41, 5.74) is 1.06. The third-order valence-electron chi connectivity index (χ3n) is 2.35. The van der Waals surface area contributed by atoms with Crippen molar-refractivity contribution in [3.05, 3.63) is 36.4 Å². The van der Waals surface area contributed by atoms with E-state index >= 15 is 0 Å². The first-order valence-electron chi connectivity index (χ1n) is 5.34. The second-order valence-electron chi connectivity index (χ2n) is 3.91. The first-order valence-corrected chi connectivity index (χ1v) is 6.86. The SMILES string of the molecule is CC(CCl)CSc1ccc2ccccc2n1. The zero-order chi connectivity index (χ0) is 11.4. The van der Waals surface area contributed by atoms with Crippen LogP contribution in [0.3, 0.4) is 0 Å². The number of para-hydroxylation sites is 1. The van der Waals surface area contributed by atoms with E-state index in [1.165, 1.54) is 5.39 Å². The van der Waals surface area contributed by atoms with Gasteiger partial charge < -0.3 is 0 Å². The van der Waals surface area contributed by atoms with Crippen molar-refractivity contribution in [2.75, 3.05) is 11.6 Å². The summed E-state index contributed by atoms with van der Waals surface area (Å²) in [7, 11) is 0. The summed E-state index contributed by atoms with van der Waals surface area (Å²) < 4.78 is 0. The maximum atomic E-state index is 5.78. The Hall–Kier alpha value is -0.730. The average molecular weight is 252 g/mol. The molecular formula is C13H14ClNS. The number of hydrogen-bond acceptors (Lipinski definition) is 2. The zero-order valence-corrected chi connectivity index (χ0v) is 10.8. The van der Waals surface area contributed by atoms with Gasteiger partial charge in [0.25, 0.3) is 0 Å². The molecule has 0 N–H and O–H groups in total. The Morgan fingerprint density at radius 2 is 2.06 bits per heavy atom. The van der Waals surface area contributed by atoms with Gasteiger partial charge in [0.15, 0.2) is 0 Å². The number of thioether (sulfide) groups is 1. The van der Waals surface area contributed by atoms with E-state index in [2.05, 4.69) is 30.1 Å². The van der Waals surface area contributed by atoms with Gasteiger partial charge in [-0.15, -0.1) is 23.4 Å². The molecule has 1 aromatic heterocycles. The van der Waals surface area contributed by atoms with E-state index in [1.807, 2.05) is 18.2 Å². The molecule has 0 radical (unpaired) electrons. The van der Waals surface area contributed by atoms with E-state index in [0.717, 1.165) is 16.3 Å². The molecule has 0 spiro atoms. The first-order chi connectivity index (χ1) is 7.79. The fourth-order valence-electron chi connectivity index (χ4n) is 1.40. The van der Waals surface area contributed by atoms with Crippen molar-refractivity contribution in [1.29, 1.82) is 0 Å². The Labute approximate surface area is 105 Å². The van der Waals surface area contributed by atoms with Crippen molar-refractivity contribution in [2.24, 2.45) is 5.92 Å². The molecule has 2 rings (SSSR count). The van der Waals surface area contributed by atoms with Gasteiger partial charge in [-0.3, -0.25) is 0 Å². The molecular weight excluding hydrogens is 238 g/mol. The number of rotatable bonds is 4. The van der Waals surface area contributed by atoms with Gasteiger partial charge in [0.05, 0.1) is 10.5 Å². The van der Waals surface area contributed by atoms with Crippen LogP contribution in [0.5, 0.6) is 0 Å². The fourth-order valence-corrected chi connectivity index (χ4v) is 2.54. The topological polar surface area (TPSA) is 12.9 Å². The van der Waals surface area contributed by atoms with E-state index in [1.54, 1.807) is 11.8 Å². The molecule has 16 heavy (non-hydrogen) atoms. The second kappa shape index (κ2) is 5.55. The van der Waals surface area contributed by atoms with Crippen LogP contribution >= 0.6 is 23.4 Å². The van der Waals surface area contributed by atoms with Crippen molar-refractivity contribution in [3.8, 4) is 0 Å². The van der Waals surface area contributed by atoms with E-state index in [-0.39, 0.29) is 0 Å². The molecule has 1 atom stereocenters. The fraction of sp³-hybridized carbons (Fsp3) is 0.308. The standard InChI is InChI=1S/C13H14ClNS/c1-10(8-14)9-16-13-7-6-11-4-2-3-5-12(11)15-13/h2-7,10H,8-9H2,1H3. The molecule has 0 aliphatic heterocycles. The monoisotopic (exact) mass is 251 g/mol. The van der Waals surface area contributed by atoms with Gasteiger partial charge in [-0.2, -0.15) is 0 Å². The Bertz CT molecular complexity index is 472. The van der Waals surface area contributed by atoms with Crippen LogP contribution in [-0.2, 0) is 0 Å². The number of benzene rings is 1. The highest BCUT2D eigenvalue weighted by molar-refractivity contribution is 7.99. The molecule has 0 fully saturated rings. The number of halogens is 1. The first kappa shape index (κ1) is 11.7. The highest BCUT2D eigenvalue weighted by atomic mass is 35.5. The number of pyridine rings is 1. The average Bonchev–Trinajstić information content (AvgIpc) is 2.35. The van der Waals surface area contributed by atoms with Crippen molar-refractivity contribution in [2.45, 2.75) is 11.9 Å². The molecule has 0 bridgehead atoms. The minimum absolute atomic E-state index is 0.528. The molecule has 84 valence electrons. The van der Waals surface area contributed by atoms with Crippen LogP contribution in [0.4, 0.5) is 0 Å². The molecule has 0 amide bonds. The summed E-state index contributed by atoms with van der Waals surface area (Å²) >= 11 is 7.55. The van der Waals surface area contributed by atoms with Crippen LogP contribution < -0.4 is 0 Å². The Morgan fingerprint density at radius 1 is 1.25 bits per heavy atom. The molecule has 1 aromatic carbocycles. The highest BCUT2D eigenvalue weighted by Gasteiger charge is 2.03. The minimum atomic E-state index is 0.528. The summed E-state index contributed by atoms with van der Waals surface area (Å²) in [4.78, 5) is 4.60. The predicted octanol–water partition coefficient (Wildman–Crippen LogP) is 4.20. The predicted molar refractivity (Wildman–Crippen MR) is 72.4 cm³/mol. The molecule has 3 heteroatoms. The third-order valence-corrected chi connectivity index (χ3v) is 4.14. The van der Waals surface area contributed by atoms with E-state index in [9.17, 15) is 0 Å². The quantitative estimate of drug-likeness (QED) is 0.597. The van der Waals surface area contributed by atoms with Crippen molar-refractivity contribution < 1.29 is 0 Å². The van der Waals surface area contributed by atoms with Crippen molar-refractivity contribution in [3.63, 3.8) is 0 Å². The van der Waals surface area contributed by atoms with Crippen LogP contribution in [0.2, 0.25) is 0 Å². The molecule has 1 unspecified atom stereocenters. The zero-order valence-electron chi connectivity index (χ0n) is 9.19. The summed E-state index contributed by atoms with van der Waals surface area (Å²) in [6, 6.07) is 12.4. The van der Waals surface area contributed by atoms with Crippen molar-refractivity contribution in [1.82, 2.24) is 4.98 Å². The van der Waals surface area contributed by atoms with Gasteiger partial charge in [-0.05, 0) is 18.1 Å². The molecule has 1 nitrogen and oxygen atoms in total. The lowest BCUT2D eigenvalue weighted by molar-refractivity contribution is 0.758. The van der Waals surface area contributed by atoms with E-state index < -0.39 is 0 Å². The van der Waals surface area contributed by atoms with Gasteiger partial charge in [0.2, 0.25) is 0 Å². The van der Waals surface area contributed by atoms with Gasteiger partial charge in [-0.1, -0.05) is 31.2 Å². The maximum Gasteiger partial charge on any atom is 0.0967 e. The van der Waals surface area contributed by atoms with Crippen LogP contribution in [-0.4, -0.2) is 16.6 Å². The Kier molecular flexibility index (Phi) is 4.08. The highest BCUT2D eigenvalue weighted by Crippen LogP contribution is 2.22. The lowest BCUT2D eigenvalue weighted by Crippen LogP contribution is -1.99. The molecule has 0 saturated heterocycles. The molecule has 1 heterocycles. The number of hydrogen-bond donors (Lipinski definition) is 0. The molecule has 0 aliphatic rings. The van der Waals surface area contributed by atoms with Crippen LogP contribution in [0.1, 0.15) is 6.92 Å². The lowest BCUT2D eigenvalue weighted by atomic mass is 10.2. The van der Waals surface area contributed by atoms with Gasteiger partial charge in [0, 0.05) is 17.0 Å². The summed E-state index contributed by atoms with van der Waals surface area (Å²) in [5.74, 6) is 2.26. The number of nitrogens with zero attached hydrogens (tertiary/aromatic N) is 1. The Morgan fingerprint density at radius 3 is 2.88 bits per heavy atom. The molecule has 0 aliphatic carbocycles. The van der Waals surface area contributed by atoms with Crippen LogP contribution in [0.15, 0.2) is 41.4 Å². The Balaban J connectivity index is 2.13.